The fraction of sp³-hybridized carbons (Fsp3) is 0.929. The van der Waals surface area contributed by atoms with Crippen LogP contribution in [0.2, 0.25) is 0 Å². The van der Waals surface area contributed by atoms with Crippen LogP contribution in [0.25, 0.3) is 0 Å². The van der Waals surface area contributed by atoms with Gasteiger partial charge in [-0.25, -0.2) is 0 Å². The molecule has 0 N–H and O–H groups in total. The lowest BCUT2D eigenvalue weighted by Gasteiger charge is -2.40. The normalized spacial score (nSPS) is 20.8. The number of likely N-dealkylation sites (tertiary alicyclic amines) is 1. The van der Waals surface area contributed by atoms with Crippen LogP contribution < -0.4 is 0 Å². The predicted molar refractivity (Wildman–Crippen MR) is 68.6 cm³/mol. The molecule has 0 spiro atoms. The van der Waals surface area contributed by atoms with Crippen LogP contribution in [0.5, 0.6) is 0 Å². The van der Waals surface area contributed by atoms with E-state index in [-0.39, 0.29) is 5.54 Å². The van der Waals surface area contributed by atoms with Crippen LogP contribution in [-0.2, 0) is 4.79 Å². The smallest absolute Gasteiger partial charge is 0.152 e. The molecule has 0 saturated carbocycles. The molecule has 0 aromatic heterocycles. The zero-order valence-corrected chi connectivity index (χ0v) is 11.4. The monoisotopic (exact) mass is 225 g/mol. The Balaban J connectivity index is 2.56. The van der Waals surface area contributed by atoms with Crippen molar-refractivity contribution in [2.24, 2.45) is 5.92 Å². The fourth-order valence-electron chi connectivity index (χ4n) is 2.34. The molecule has 0 aromatic carbocycles. The van der Waals surface area contributed by atoms with Gasteiger partial charge in [0, 0.05) is 6.42 Å². The molecule has 1 fully saturated rings. The predicted octanol–water partition coefficient (Wildman–Crippen LogP) is 3.26. The summed E-state index contributed by atoms with van der Waals surface area (Å²) >= 11 is 0. The number of rotatable bonds is 5. The zero-order valence-electron chi connectivity index (χ0n) is 11.4. The quantitative estimate of drug-likeness (QED) is 0.716. The maximum Gasteiger partial charge on any atom is 0.152 e. The highest BCUT2D eigenvalue weighted by Gasteiger charge is 2.34. The Bertz CT molecular complexity index is 229. The molecule has 0 aliphatic carbocycles. The van der Waals surface area contributed by atoms with Crippen molar-refractivity contribution in [3.8, 4) is 0 Å². The standard InChI is InChI=1S/C14H27NO/c1-5-12(2)11-13(16)14(3,4)15-9-7-6-8-10-15/h12H,5-11H2,1-4H3. The summed E-state index contributed by atoms with van der Waals surface area (Å²) in [7, 11) is 0. The summed E-state index contributed by atoms with van der Waals surface area (Å²) in [5, 5.41) is 0. The largest absolute Gasteiger partial charge is 0.298 e. The lowest BCUT2D eigenvalue weighted by atomic mass is 9.88. The van der Waals surface area contributed by atoms with Crippen molar-refractivity contribution >= 4 is 5.78 Å². The molecule has 1 saturated heterocycles. The number of carbonyl (C=O) groups excluding carboxylic acids is 1. The van der Waals surface area contributed by atoms with Crippen molar-refractivity contribution in [2.45, 2.75) is 65.3 Å². The first-order valence-electron chi connectivity index (χ1n) is 6.76. The number of ketones is 1. The Labute approximate surface area is 100 Å². The molecule has 1 unspecified atom stereocenters. The van der Waals surface area contributed by atoms with E-state index < -0.39 is 0 Å². The lowest BCUT2D eigenvalue weighted by molar-refractivity contribution is -0.131. The van der Waals surface area contributed by atoms with Crippen molar-refractivity contribution in [3.63, 3.8) is 0 Å². The van der Waals surface area contributed by atoms with E-state index in [0.717, 1.165) is 25.9 Å². The summed E-state index contributed by atoms with van der Waals surface area (Å²) in [4.78, 5) is 14.7. The van der Waals surface area contributed by atoms with E-state index in [0.29, 0.717) is 11.7 Å². The van der Waals surface area contributed by atoms with Crippen molar-refractivity contribution in [1.29, 1.82) is 0 Å². The Hall–Kier alpha value is -0.370. The number of hydrogen-bond donors (Lipinski definition) is 0. The number of nitrogens with zero attached hydrogens (tertiary/aromatic N) is 1. The third kappa shape index (κ3) is 3.31. The second-order valence-electron chi connectivity index (χ2n) is 5.75. The van der Waals surface area contributed by atoms with Crippen LogP contribution in [-0.4, -0.2) is 29.3 Å². The first kappa shape index (κ1) is 13.7. The van der Waals surface area contributed by atoms with Crippen molar-refractivity contribution < 1.29 is 4.79 Å². The van der Waals surface area contributed by atoms with Gasteiger partial charge in [0.1, 0.15) is 0 Å². The van der Waals surface area contributed by atoms with Gasteiger partial charge in [0.25, 0.3) is 0 Å². The molecule has 1 atom stereocenters. The van der Waals surface area contributed by atoms with E-state index in [2.05, 4.69) is 32.6 Å². The molecular weight excluding hydrogens is 198 g/mol. The van der Waals surface area contributed by atoms with Gasteiger partial charge in [0.05, 0.1) is 5.54 Å². The van der Waals surface area contributed by atoms with Crippen LogP contribution in [0.15, 0.2) is 0 Å². The summed E-state index contributed by atoms with van der Waals surface area (Å²) in [6.07, 6.45) is 5.66. The second kappa shape index (κ2) is 5.81. The Morgan fingerprint density at radius 3 is 2.31 bits per heavy atom. The number of carbonyl (C=O) groups is 1. The van der Waals surface area contributed by atoms with Crippen LogP contribution in [0.1, 0.15) is 59.8 Å². The second-order valence-corrected chi connectivity index (χ2v) is 5.75. The average Bonchev–Trinajstić information content (AvgIpc) is 2.29. The number of piperidine rings is 1. The van der Waals surface area contributed by atoms with Crippen molar-refractivity contribution in [1.82, 2.24) is 4.90 Å². The summed E-state index contributed by atoms with van der Waals surface area (Å²) < 4.78 is 0. The third-order valence-electron chi connectivity index (χ3n) is 4.06. The van der Waals surface area contributed by atoms with E-state index >= 15 is 0 Å². The average molecular weight is 225 g/mol. The first-order chi connectivity index (χ1) is 7.48. The van der Waals surface area contributed by atoms with Gasteiger partial charge in [-0.3, -0.25) is 9.69 Å². The summed E-state index contributed by atoms with van der Waals surface area (Å²) in [6, 6.07) is 0. The fourth-order valence-corrected chi connectivity index (χ4v) is 2.34. The Morgan fingerprint density at radius 2 is 1.81 bits per heavy atom. The Kier molecular flexibility index (Phi) is 4.97. The summed E-state index contributed by atoms with van der Waals surface area (Å²) in [5.74, 6) is 0.945. The van der Waals surface area contributed by atoms with E-state index in [4.69, 9.17) is 0 Å². The van der Waals surface area contributed by atoms with Crippen LogP contribution in [0.3, 0.4) is 0 Å². The molecule has 2 nitrogen and oxygen atoms in total. The molecule has 1 rings (SSSR count). The van der Waals surface area contributed by atoms with Crippen LogP contribution in [0, 0.1) is 5.92 Å². The lowest BCUT2D eigenvalue weighted by Crippen LogP contribution is -2.52. The molecule has 16 heavy (non-hydrogen) atoms. The molecule has 0 radical (unpaired) electrons. The molecule has 2 heteroatoms. The van der Waals surface area contributed by atoms with Gasteiger partial charge in [-0.15, -0.1) is 0 Å². The molecule has 1 aliphatic rings. The maximum atomic E-state index is 12.3. The molecule has 0 bridgehead atoms. The molecular formula is C14H27NO. The van der Waals surface area contributed by atoms with E-state index in [1.165, 1.54) is 19.3 Å². The molecule has 1 aliphatic heterocycles. The van der Waals surface area contributed by atoms with Gasteiger partial charge in [-0.2, -0.15) is 0 Å². The number of hydrogen-bond acceptors (Lipinski definition) is 2. The van der Waals surface area contributed by atoms with E-state index in [1.54, 1.807) is 0 Å². The minimum absolute atomic E-state index is 0.246. The van der Waals surface area contributed by atoms with Gasteiger partial charge in [0.2, 0.25) is 0 Å². The van der Waals surface area contributed by atoms with Gasteiger partial charge in [-0.05, 0) is 45.7 Å². The van der Waals surface area contributed by atoms with Gasteiger partial charge >= 0.3 is 0 Å². The maximum absolute atomic E-state index is 12.3. The topological polar surface area (TPSA) is 20.3 Å². The first-order valence-corrected chi connectivity index (χ1v) is 6.76. The van der Waals surface area contributed by atoms with E-state index in [1.807, 2.05) is 0 Å². The number of Topliss-reactive ketones (excluding diaryl/α,β-unsaturated/α-hetero) is 1. The Morgan fingerprint density at radius 1 is 1.25 bits per heavy atom. The van der Waals surface area contributed by atoms with E-state index in [9.17, 15) is 4.79 Å². The van der Waals surface area contributed by atoms with Gasteiger partial charge < -0.3 is 0 Å². The molecule has 1 heterocycles. The van der Waals surface area contributed by atoms with Crippen molar-refractivity contribution in [3.05, 3.63) is 0 Å². The third-order valence-corrected chi connectivity index (χ3v) is 4.06. The SMILES string of the molecule is CCC(C)CC(=O)C(C)(C)N1CCCCC1. The summed E-state index contributed by atoms with van der Waals surface area (Å²) in [6.45, 7) is 10.7. The highest BCUT2D eigenvalue weighted by molar-refractivity contribution is 5.87. The zero-order chi connectivity index (χ0) is 12.2. The molecule has 0 aromatic rings. The van der Waals surface area contributed by atoms with Crippen LogP contribution >= 0.6 is 0 Å². The highest BCUT2D eigenvalue weighted by atomic mass is 16.1. The van der Waals surface area contributed by atoms with Gasteiger partial charge in [0.15, 0.2) is 5.78 Å². The minimum atomic E-state index is -0.246. The van der Waals surface area contributed by atoms with Crippen molar-refractivity contribution in [2.75, 3.05) is 13.1 Å². The molecule has 0 amide bonds. The minimum Gasteiger partial charge on any atom is -0.298 e. The molecule has 94 valence electrons. The van der Waals surface area contributed by atoms with Crippen LogP contribution in [0.4, 0.5) is 0 Å². The summed E-state index contributed by atoms with van der Waals surface area (Å²) in [5.41, 5.74) is -0.246. The highest BCUT2D eigenvalue weighted by Crippen LogP contribution is 2.24. The van der Waals surface area contributed by atoms with Gasteiger partial charge in [-0.1, -0.05) is 26.7 Å².